The van der Waals surface area contributed by atoms with Crippen LogP contribution in [0.4, 0.5) is 8.78 Å². The minimum absolute atomic E-state index is 0.237. The molecule has 0 amide bonds. The fraction of sp³-hybridized carbons (Fsp3) is 0.143. The quantitative estimate of drug-likeness (QED) is 0.645. The van der Waals surface area contributed by atoms with Gasteiger partial charge in [-0.15, -0.1) is 0 Å². The van der Waals surface area contributed by atoms with Crippen molar-refractivity contribution in [3.05, 3.63) is 71.3 Å². The highest BCUT2D eigenvalue weighted by atomic mass is 19.2. The molecule has 0 fully saturated rings. The summed E-state index contributed by atoms with van der Waals surface area (Å²) in [6.45, 7) is 0. The standard InChI is InChI=1S/C14H14F2N2/c15-12-8-4-7-11(14(12)16)13(18-17)9-10-5-2-1-3-6-10/h1-8,13,18H,9,17H2. The van der Waals surface area contributed by atoms with E-state index in [1.807, 2.05) is 30.3 Å². The van der Waals surface area contributed by atoms with Gasteiger partial charge in [0.2, 0.25) is 0 Å². The number of nitrogens with one attached hydrogen (secondary N) is 1. The molecule has 0 saturated carbocycles. The van der Waals surface area contributed by atoms with E-state index in [0.29, 0.717) is 6.42 Å². The zero-order valence-corrected chi connectivity index (χ0v) is 9.74. The summed E-state index contributed by atoms with van der Waals surface area (Å²) in [5.74, 6) is 3.72. The van der Waals surface area contributed by atoms with E-state index in [4.69, 9.17) is 5.84 Å². The van der Waals surface area contributed by atoms with Crippen LogP contribution in [-0.2, 0) is 6.42 Å². The molecule has 1 atom stereocenters. The Hall–Kier alpha value is -1.78. The number of rotatable bonds is 4. The Morgan fingerprint density at radius 2 is 1.72 bits per heavy atom. The molecule has 2 aromatic carbocycles. The van der Waals surface area contributed by atoms with Crippen LogP contribution in [0.1, 0.15) is 17.2 Å². The summed E-state index contributed by atoms with van der Waals surface area (Å²) in [7, 11) is 0. The maximum Gasteiger partial charge on any atom is 0.163 e. The summed E-state index contributed by atoms with van der Waals surface area (Å²) in [4.78, 5) is 0. The highest BCUT2D eigenvalue weighted by molar-refractivity contribution is 5.25. The summed E-state index contributed by atoms with van der Waals surface area (Å²) in [6, 6.07) is 13.2. The SMILES string of the molecule is NNC(Cc1ccccc1)c1cccc(F)c1F. The molecule has 0 aliphatic rings. The van der Waals surface area contributed by atoms with Crippen molar-refractivity contribution in [2.75, 3.05) is 0 Å². The van der Waals surface area contributed by atoms with Gasteiger partial charge >= 0.3 is 0 Å². The van der Waals surface area contributed by atoms with Crippen LogP contribution in [0.15, 0.2) is 48.5 Å². The summed E-state index contributed by atoms with van der Waals surface area (Å²) < 4.78 is 26.8. The Morgan fingerprint density at radius 3 is 2.39 bits per heavy atom. The molecule has 18 heavy (non-hydrogen) atoms. The maximum absolute atomic E-state index is 13.7. The van der Waals surface area contributed by atoms with E-state index in [9.17, 15) is 8.78 Å². The van der Waals surface area contributed by atoms with Crippen LogP contribution < -0.4 is 11.3 Å². The molecule has 2 rings (SSSR count). The van der Waals surface area contributed by atoms with Crippen LogP contribution in [0, 0.1) is 11.6 Å². The molecule has 3 N–H and O–H groups in total. The highest BCUT2D eigenvalue weighted by Crippen LogP contribution is 2.22. The van der Waals surface area contributed by atoms with Crippen LogP contribution in [0.5, 0.6) is 0 Å². The molecular weight excluding hydrogens is 234 g/mol. The Morgan fingerprint density at radius 1 is 1.00 bits per heavy atom. The van der Waals surface area contributed by atoms with Gasteiger partial charge in [-0.1, -0.05) is 42.5 Å². The number of halogens is 2. The lowest BCUT2D eigenvalue weighted by molar-refractivity contribution is 0.464. The fourth-order valence-corrected chi connectivity index (χ4v) is 1.90. The summed E-state index contributed by atoms with van der Waals surface area (Å²) in [5.41, 5.74) is 3.77. The molecule has 0 radical (unpaired) electrons. The molecule has 1 unspecified atom stereocenters. The van der Waals surface area contributed by atoms with Gasteiger partial charge in [0.25, 0.3) is 0 Å². The molecule has 4 heteroatoms. The van der Waals surface area contributed by atoms with Crippen LogP contribution in [0.2, 0.25) is 0 Å². The Kier molecular flexibility index (Phi) is 4.02. The van der Waals surface area contributed by atoms with Crippen LogP contribution in [-0.4, -0.2) is 0 Å². The first kappa shape index (κ1) is 12.7. The topological polar surface area (TPSA) is 38.0 Å². The average molecular weight is 248 g/mol. The molecule has 0 aliphatic carbocycles. The Labute approximate surface area is 104 Å². The predicted octanol–water partition coefficient (Wildman–Crippen LogP) is 2.71. The molecule has 2 nitrogen and oxygen atoms in total. The molecule has 94 valence electrons. The molecule has 0 bridgehead atoms. The van der Waals surface area contributed by atoms with Crippen LogP contribution >= 0.6 is 0 Å². The molecular formula is C14H14F2N2. The largest absolute Gasteiger partial charge is 0.271 e. The number of hydrogen-bond donors (Lipinski definition) is 2. The average Bonchev–Trinajstić information content (AvgIpc) is 2.41. The van der Waals surface area contributed by atoms with Gasteiger partial charge in [0.05, 0.1) is 6.04 Å². The molecule has 0 spiro atoms. The third-order valence-electron chi connectivity index (χ3n) is 2.84. The van der Waals surface area contributed by atoms with Gasteiger partial charge in [-0.25, -0.2) is 8.78 Å². The third-order valence-corrected chi connectivity index (χ3v) is 2.84. The fourth-order valence-electron chi connectivity index (χ4n) is 1.90. The molecule has 0 aromatic heterocycles. The second-order valence-electron chi connectivity index (χ2n) is 4.05. The minimum Gasteiger partial charge on any atom is -0.271 e. The lowest BCUT2D eigenvalue weighted by atomic mass is 9.99. The van der Waals surface area contributed by atoms with Gasteiger partial charge in [0.1, 0.15) is 0 Å². The summed E-state index contributed by atoms with van der Waals surface area (Å²) in [5, 5.41) is 0. The van der Waals surface area contributed by atoms with E-state index < -0.39 is 17.7 Å². The second-order valence-corrected chi connectivity index (χ2v) is 4.05. The molecule has 0 heterocycles. The van der Waals surface area contributed by atoms with Crippen molar-refractivity contribution < 1.29 is 8.78 Å². The Bertz CT molecular complexity index is 514. The van der Waals surface area contributed by atoms with Crippen LogP contribution in [0.25, 0.3) is 0 Å². The lowest BCUT2D eigenvalue weighted by Crippen LogP contribution is -2.30. The first-order valence-electron chi connectivity index (χ1n) is 5.66. The van der Waals surface area contributed by atoms with Crippen molar-refractivity contribution in [1.82, 2.24) is 5.43 Å². The predicted molar refractivity (Wildman–Crippen MR) is 66.6 cm³/mol. The van der Waals surface area contributed by atoms with Crippen molar-refractivity contribution in [3.63, 3.8) is 0 Å². The van der Waals surface area contributed by atoms with E-state index in [1.54, 1.807) is 0 Å². The highest BCUT2D eigenvalue weighted by Gasteiger charge is 2.17. The third kappa shape index (κ3) is 2.72. The van der Waals surface area contributed by atoms with Crippen molar-refractivity contribution in [1.29, 1.82) is 0 Å². The van der Waals surface area contributed by atoms with E-state index in [0.717, 1.165) is 11.6 Å². The monoisotopic (exact) mass is 248 g/mol. The molecule has 2 aromatic rings. The lowest BCUT2D eigenvalue weighted by Gasteiger charge is -2.17. The van der Waals surface area contributed by atoms with Gasteiger partial charge in [0, 0.05) is 5.56 Å². The Balaban J connectivity index is 2.26. The van der Waals surface area contributed by atoms with Gasteiger partial charge < -0.3 is 0 Å². The van der Waals surface area contributed by atoms with E-state index >= 15 is 0 Å². The van der Waals surface area contributed by atoms with Gasteiger partial charge in [-0.3, -0.25) is 11.3 Å². The first-order valence-corrected chi connectivity index (χ1v) is 5.66. The maximum atomic E-state index is 13.7. The number of hydrazine groups is 1. The van der Waals surface area contributed by atoms with Crippen molar-refractivity contribution in [2.45, 2.75) is 12.5 Å². The van der Waals surface area contributed by atoms with E-state index in [-0.39, 0.29) is 5.56 Å². The van der Waals surface area contributed by atoms with E-state index in [2.05, 4.69) is 5.43 Å². The van der Waals surface area contributed by atoms with Crippen molar-refractivity contribution in [2.24, 2.45) is 5.84 Å². The number of benzene rings is 2. The smallest absolute Gasteiger partial charge is 0.163 e. The van der Waals surface area contributed by atoms with E-state index in [1.165, 1.54) is 12.1 Å². The zero-order valence-electron chi connectivity index (χ0n) is 9.74. The van der Waals surface area contributed by atoms with Crippen molar-refractivity contribution in [3.8, 4) is 0 Å². The van der Waals surface area contributed by atoms with Gasteiger partial charge in [-0.05, 0) is 18.1 Å². The normalized spacial score (nSPS) is 12.4. The second kappa shape index (κ2) is 5.71. The first-order chi connectivity index (χ1) is 8.72. The summed E-state index contributed by atoms with van der Waals surface area (Å²) in [6.07, 6.45) is 0.498. The number of hydrogen-bond acceptors (Lipinski definition) is 2. The molecule has 0 saturated heterocycles. The number of nitrogens with two attached hydrogens (primary N) is 1. The minimum atomic E-state index is -0.860. The van der Waals surface area contributed by atoms with Gasteiger partial charge in [-0.2, -0.15) is 0 Å². The van der Waals surface area contributed by atoms with Crippen molar-refractivity contribution >= 4 is 0 Å². The molecule has 0 aliphatic heterocycles. The van der Waals surface area contributed by atoms with Gasteiger partial charge in [0.15, 0.2) is 11.6 Å². The van der Waals surface area contributed by atoms with Crippen LogP contribution in [0.3, 0.4) is 0 Å². The zero-order chi connectivity index (χ0) is 13.0. The summed E-state index contributed by atoms with van der Waals surface area (Å²) >= 11 is 0.